The lowest BCUT2D eigenvalue weighted by Crippen LogP contribution is -2.20. The Morgan fingerprint density at radius 1 is 1.25 bits per heavy atom. The van der Waals surface area contributed by atoms with Crippen LogP contribution in [0.15, 0.2) is 18.2 Å². The largest absolute Gasteiger partial charge is 0.312 e. The van der Waals surface area contributed by atoms with Crippen LogP contribution in [0.1, 0.15) is 11.7 Å². The third-order valence-electron chi connectivity index (χ3n) is 1.74. The number of benzene rings is 1. The van der Waals surface area contributed by atoms with Gasteiger partial charge in [0.2, 0.25) is 0 Å². The summed E-state index contributed by atoms with van der Waals surface area (Å²) in [6, 6.07) is 5.55. The molecule has 12 heavy (non-hydrogen) atoms. The maximum atomic E-state index is 5.54. The number of aromatic amines is 1. The van der Waals surface area contributed by atoms with Crippen molar-refractivity contribution in [3.05, 3.63) is 23.8 Å². The molecule has 0 fully saturated rings. The second-order valence-electron chi connectivity index (χ2n) is 2.56. The number of H-pyrrole nitrogens is 1. The van der Waals surface area contributed by atoms with Crippen molar-refractivity contribution >= 4 is 11.0 Å². The van der Waals surface area contributed by atoms with E-state index in [0.717, 1.165) is 16.6 Å². The van der Waals surface area contributed by atoms with Crippen LogP contribution >= 0.6 is 0 Å². The molecule has 5 heteroatoms. The first-order valence-electron chi connectivity index (χ1n) is 3.59. The number of rotatable bonds is 1. The lowest BCUT2D eigenvalue weighted by molar-refractivity contribution is 0.778. The summed E-state index contributed by atoms with van der Waals surface area (Å²) in [5.41, 5.74) is 13.4. The van der Waals surface area contributed by atoms with Crippen LogP contribution in [0.4, 0.5) is 0 Å². The van der Waals surface area contributed by atoms with E-state index in [9.17, 15) is 0 Å². The van der Waals surface area contributed by atoms with Gasteiger partial charge in [-0.25, -0.2) is 0 Å². The molecule has 1 heterocycles. The van der Waals surface area contributed by atoms with Crippen LogP contribution in [0.3, 0.4) is 0 Å². The van der Waals surface area contributed by atoms with Crippen molar-refractivity contribution in [1.82, 2.24) is 15.4 Å². The summed E-state index contributed by atoms with van der Waals surface area (Å²) in [6.07, 6.45) is -0.501. The summed E-state index contributed by atoms with van der Waals surface area (Å²) in [5.74, 6) is 0. The smallest absolute Gasteiger partial charge is 0.119 e. The lowest BCUT2D eigenvalue weighted by atomic mass is 10.1. The van der Waals surface area contributed by atoms with Gasteiger partial charge in [0.05, 0.1) is 6.17 Å². The van der Waals surface area contributed by atoms with Crippen LogP contribution in [-0.2, 0) is 0 Å². The van der Waals surface area contributed by atoms with E-state index in [0.29, 0.717) is 0 Å². The number of nitrogens with two attached hydrogens (primary N) is 2. The summed E-state index contributed by atoms with van der Waals surface area (Å²) in [4.78, 5) is 0. The van der Waals surface area contributed by atoms with Crippen LogP contribution in [0, 0.1) is 0 Å². The highest BCUT2D eigenvalue weighted by Gasteiger charge is 2.07. The van der Waals surface area contributed by atoms with E-state index in [1.54, 1.807) is 0 Å². The molecule has 2 aromatic rings. The van der Waals surface area contributed by atoms with Gasteiger partial charge in [-0.1, -0.05) is 12.1 Å². The van der Waals surface area contributed by atoms with Crippen LogP contribution in [0.5, 0.6) is 0 Å². The number of fused-ring (bicyclic) bond motifs is 1. The van der Waals surface area contributed by atoms with Crippen LogP contribution in [-0.4, -0.2) is 15.4 Å². The minimum atomic E-state index is -0.501. The number of hydrogen-bond donors (Lipinski definition) is 3. The highest BCUT2D eigenvalue weighted by molar-refractivity contribution is 5.77. The number of hydrogen-bond acceptors (Lipinski definition) is 4. The van der Waals surface area contributed by atoms with Gasteiger partial charge in [-0.15, -0.1) is 0 Å². The van der Waals surface area contributed by atoms with E-state index in [1.807, 2.05) is 18.2 Å². The zero-order valence-electron chi connectivity index (χ0n) is 6.36. The van der Waals surface area contributed by atoms with Crippen molar-refractivity contribution in [2.75, 3.05) is 0 Å². The fourth-order valence-electron chi connectivity index (χ4n) is 1.16. The second-order valence-corrected chi connectivity index (χ2v) is 2.56. The lowest BCUT2D eigenvalue weighted by Gasteiger charge is -2.04. The van der Waals surface area contributed by atoms with Gasteiger partial charge >= 0.3 is 0 Å². The van der Waals surface area contributed by atoms with Gasteiger partial charge in [0.25, 0.3) is 0 Å². The first-order chi connectivity index (χ1) is 5.79. The summed E-state index contributed by atoms with van der Waals surface area (Å²) in [7, 11) is 0. The minimum absolute atomic E-state index is 0.501. The summed E-state index contributed by atoms with van der Waals surface area (Å²) in [5, 5.41) is 10.4. The second kappa shape index (κ2) is 2.54. The Kier molecular flexibility index (Phi) is 1.53. The standard InChI is InChI=1S/C7H9N5/c8-7(9)4-2-1-3-5-6(4)11-12-10-5/h1-3,7H,8-9H2,(H,10,11,12). The highest BCUT2D eigenvalue weighted by Crippen LogP contribution is 2.15. The Morgan fingerprint density at radius 2 is 2.08 bits per heavy atom. The molecule has 0 radical (unpaired) electrons. The minimum Gasteiger partial charge on any atom is -0.312 e. The van der Waals surface area contributed by atoms with Gasteiger partial charge in [-0.05, 0) is 6.07 Å². The molecule has 5 nitrogen and oxygen atoms in total. The van der Waals surface area contributed by atoms with E-state index in [-0.39, 0.29) is 0 Å². The monoisotopic (exact) mass is 163 g/mol. The van der Waals surface area contributed by atoms with Crippen LogP contribution < -0.4 is 11.5 Å². The first-order valence-corrected chi connectivity index (χ1v) is 3.59. The maximum absolute atomic E-state index is 5.54. The predicted molar refractivity (Wildman–Crippen MR) is 45.0 cm³/mol. The SMILES string of the molecule is NC(N)c1cccc2n[nH]nc12. The van der Waals surface area contributed by atoms with E-state index in [4.69, 9.17) is 11.5 Å². The van der Waals surface area contributed by atoms with Gasteiger partial charge < -0.3 is 11.5 Å². The number of para-hydroxylation sites is 1. The Labute approximate surface area is 68.7 Å². The average Bonchev–Trinajstić information content (AvgIpc) is 2.49. The van der Waals surface area contributed by atoms with Crippen LogP contribution in [0.25, 0.3) is 11.0 Å². The Balaban J connectivity index is 2.73. The zero-order chi connectivity index (χ0) is 8.55. The molecule has 0 saturated heterocycles. The van der Waals surface area contributed by atoms with Crippen molar-refractivity contribution in [3.63, 3.8) is 0 Å². The van der Waals surface area contributed by atoms with Gasteiger partial charge in [-0.2, -0.15) is 15.4 Å². The van der Waals surface area contributed by atoms with E-state index >= 15 is 0 Å². The molecule has 0 atom stereocenters. The van der Waals surface area contributed by atoms with Crippen LogP contribution in [0.2, 0.25) is 0 Å². The molecular weight excluding hydrogens is 154 g/mol. The summed E-state index contributed by atoms with van der Waals surface area (Å²) < 4.78 is 0. The molecule has 0 amide bonds. The van der Waals surface area contributed by atoms with Gasteiger partial charge in [0.15, 0.2) is 0 Å². The summed E-state index contributed by atoms with van der Waals surface area (Å²) >= 11 is 0. The molecule has 2 rings (SSSR count). The normalized spacial score (nSPS) is 11.2. The van der Waals surface area contributed by atoms with E-state index in [2.05, 4.69) is 15.4 Å². The predicted octanol–water partition coefficient (Wildman–Crippen LogP) is -0.126. The molecule has 0 aliphatic carbocycles. The molecule has 0 spiro atoms. The van der Waals surface area contributed by atoms with E-state index in [1.165, 1.54) is 0 Å². The molecule has 1 aromatic heterocycles. The van der Waals surface area contributed by atoms with Gasteiger partial charge in [0.1, 0.15) is 11.0 Å². The van der Waals surface area contributed by atoms with Crippen molar-refractivity contribution in [2.24, 2.45) is 11.5 Å². The Bertz CT molecular complexity index is 391. The average molecular weight is 163 g/mol. The third kappa shape index (κ3) is 0.956. The number of aromatic nitrogens is 3. The highest BCUT2D eigenvalue weighted by atomic mass is 15.3. The molecule has 0 saturated carbocycles. The molecule has 0 aliphatic rings. The molecule has 1 aromatic carbocycles. The summed E-state index contributed by atoms with van der Waals surface area (Å²) in [6.45, 7) is 0. The molecular formula is C7H9N5. The maximum Gasteiger partial charge on any atom is 0.119 e. The quantitative estimate of drug-likeness (QED) is 0.510. The fourth-order valence-corrected chi connectivity index (χ4v) is 1.16. The zero-order valence-corrected chi connectivity index (χ0v) is 6.36. The molecule has 5 N–H and O–H groups in total. The van der Waals surface area contributed by atoms with Gasteiger partial charge in [-0.3, -0.25) is 0 Å². The Morgan fingerprint density at radius 3 is 2.83 bits per heavy atom. The van der Waals surface area contributed by atoms with Crippen molar-refractivity contribution in [2.45, 2.75) is 6.17 Å². The van der Waals surface area contributed by atoms with Crippen molar-refractivity contribution in [3.8, 4) is 0 Å². The molecule has 0 aliphatic heterocycles. The van der Waals surface area contributed by atoms with E-state index < -0.39 is 6.17 Å². The molecule has 0 unspecified atom stereocenters. The Hall–Kier alpha value is -1.46. The number of nitrogens with zero attached hydrogens (tertiary/aromatic N) is 2. The van der Waals surface area contributed by atoms with Crippen molar-refractivity contribution in [1.29, 1.82) is 0 Å². The molecule has 0 bridgehead atoms. The number of nitrogens with one attached hydrogen (secondary N) is 1. The topological polar surface area (TPSA) is 93.6 Å². The first kappa shape index (κ1) is 7.20. The van der Waals surface area contributed by atoms with Crippen molar-refractivity contribution < 1.29 is 0 Å². The van der Waals surface area contributed by atoms with Gasteiger partial charge in [0, 0.05) is 5.56 Å². The fraction of sp³-hybridized carbons (Fsp3) is 0.143. The molecule has 62 valence electrons. The third-order valence-corrected chi connectivity index (χ3v) is 1.74.